The van der Waals surface area contributed by atoms with Crippen LogP contribution in [-0.4, -0.2) is 26.0 Å². The first-order valence-corrected chi connectivity index (χ1v) is 9.52. The van der Waals surface area contributed by atoms with Crippen molar-refractivity contribution in [3.8, 4) is 23.0 Å². The summed E-state index contributed by atoms with van der Waals surface area (Å²) in [6.07, 6.45) is 0. The number of methoxy groups -OCH3 is 2. The quantitative estimate of drug-likeness (QED) is 0.354. The zero-order chi connectivity index (χ0) is 23.1. The third-order valence-electron chi connectivity index (χ3n) is 4.55. The first kappa shape index (κ1) is 22.6. The third kappa shape index (κ3) is 5.54. The highest BCUT2D eigenvalue weighted by Crippen LogP contribution is 2.34. The molecule has 3 rings (SSSR count). The number of rotatable bonds is 10. The molecule has 7 nitrogen and oxygen atoms in total. The number of hydrogen-bond acceptors (Lipinski definition) is 7. The summed E-state index contributed by atoms with van der Waals surface area (Å²) in [7, 11) is 3.09. The maximum absolute atomic E-state index is 14.8. The maximum Gasteiger partial charge on any atom is 0.208 e. The summed E-state index contributed by atoms with van der Waals surface area (Å²) >= 11 is 0. The van der Waals surface area contributed by atoms with Gasteiger partial charge in [0.15, 0.2) is 17.3 Å². The summed E-state index contributed by atoms with van der Waals surface area (Å²) in [5.74, 6) is -3.28. The lowest BCUT2D eigenvalue weighted by Crippen LogP contribution is -2.31. The van der Waals surface area contributed by atoms with E-state index in [0.29, 0.717) is 11.5 Å². The summed E-state index contributed by atoms with van der Waals surface area (Å²) in [5, 5.41) is 10.9. The van der Waals surface area contributed by atoms with Gasteiger partial charge < -0.3 is 28.8 Å². The van der Waals surface area contributed by atoms with Gasteiger partial charge in [-0.3, -0.25) is 4.79 Å². The fourth-order valence-corrected chi connectivity index (χ4v) is 2.82. The van der Waals surface area contributed by atoms with Crippen molar-refractivity contribution >= 4 is 11.8 Å². The first-order valence-electron chi connectivity index (χ1n) is 9.52. The van der Waals surface area contributed by atoms with Gasteiger partial charge in [0, 0.05) is 5.56 Å². The van der Waals surface area contributed by atoms with Crippen LogP contribution in [0.5, 0.6) is 23.0 Å². The van der Waals surface area contributed by atoms with Crippen molar-refractivity contribution in [1.82, 2.24) is 0 Å². The highest BCUT2D eigenvalue weighted by Gasteiger charge is 2.19. The SMILES string of the molecule is COc1ccc(COc2cc(C(=O)C(=O)[O-])cc(F)c2OCc2ccc(OC)cc2)cc1. The largest absolute Gasteiger partial charge is 0.541 e. The zero-order valence-corrected chi connectivity index (χ0v) is 17.4. The van der Waals surface area contributed by atoms with Gasteiger partial charge in [-0.1, -0.05) is 24.3 Å². The highest BCUT2D eigenvalue weighted by atomic mass is 19.1. The van der Waals surface area contributed by atoms with Crippen LogP contribution in [0.15, 0.2) is 60.7 Å². The van der Waals surface area contributed by atoms with Crippen LogP contribution in [0.25, 0.3) is 0 Å². The second kappa shape index (κ2) is 10.3. The number of carboxylic acid groups (broad SMARTS) is 1. The monoisotopic (exact) mass is 439 g/mol. The minimum atomic E-state index is -1.95. The second-order valence-corrected chi connectivity index (χ2v) is 6.68. The van der Waals surface area contributed by atoms with Crippen molar-refractivity contribution < 1.29 is 38.0 Å². The Morgan fingerprint density at radius 3 is 1.78 bits per heavy atom. The number of ether oxygens (including phenoxy) is 4. The average Bonchev–Trinajstić information content (AvgIpc) is 2.81. The molecule has 32 heavy (non-hydrogen) atoms. The van der Waals surface area contributed by atoms with Gasteiger partial charge >= 0.3 is 0 Å². The molecular weight excluding hydrogens is 419 g/mol. The number of benzene rings is 3. The second-order valence-electron chi connectivity index (χ2n) is 6.68. The summed E-state index contributed by atoms with van der Waals surface area (Å²) in [6, 6.07) is 15.8. The maximum atomic E-state index is 14.8. The molecule has 0 spiro atoms. The molecule has 0 amide bonds. The van der Waals surface area contributed by atoms with Crippen molar-refractivity contribution in [2.45, 2.75) is 13.2 Å². The molecule has 0 saturated carbocycles. The lowest BCUT2D eigenvalue weighted by Gasteiger charge is -2.16. The smallest absolute Gasteiger partial charge is 0.208 e. The number of hydrogen-bond donors (Lipinski definition) is 0. The Morgan fingerprint density at radius 2 is 1.31 bits per heavy atom. The van der Waals surface area contributed by atoms with E-state index < -0.39 is 23.1 Å². The molecule has 0 saturated heterocycles. The normalized spacial score (nSPS) is 10.3. The summed E-state index contributed by atoms with van der Waals surface area (Å²) in [6.45, 7) is 0.0267. The highest BCUT2D eigenvalue weighted by molar-refractivity contribution is 6.39. The Labute approximate surface area is 183 Å². The van der Waals surface area contributed by atoms with Gasteiger partial charge in [-0.2, -0.15) is 0 Å². The molecule has 166 valence electrons. The third-order valence-corrected chi connectivity index (χ3v) is 4.55. The van der Waals surface area contributed by atoms with Crippen molar-refractivity contribution in [2.24, 2.45) is 0 Å². The molecule has 0 fully saturated rings. The molecule has 0 aliphatic heterocycles. The van der Waals surface area contributed by atoms with E-state index in [1.807, 2.05) is 0 Å². The lowest BCUT2D eigenvalue weighted by molar-refractivity contribution is -0.296. The van der Waals surface area contributed by atoms with Gasteiger partial charge in [0.2, 0.25) is 5.78 Å². The number of Topliss-reactive ketones (excluding diaryl/α,β-unsaturated/α-hetero) is 1. The average molecular weight is 439 g/mol. The van der Waals surface area contributed by atoms with Crippen LogP contribution in [0, 0.1) is 5.82 Å². The van der Waals surface area contributed by atoms with Crippen LogP contribution in [0.1, 0.15) is 21.5 Å². The van der Waals surface area contributed by atoms with E-state index in [1.54, 1.807) is 62.8 Å². The molecule has 0 atom stereocenters. The standard InChI is InChI=1S/C24H21FO7/c1-29-18-7-3-15(4-8-18)13-31-21-12-17(22(26)24(27)28)11-20(25)23(21)32-14-16-5-9-19(30-2)10-6-16/h3-12H,13-14H2,1-2H3,(H,27,28)/p-1. The van der Waals surface area contributed by atoms with Crippen molar-refractivity contribution in [3.05, 3.63) is 83.2 Å². The summed E-state index contributed by atoms with van der Waals surface area (Å²) in [5.41, 5.74) is 1.06. The first-order chi connectivity index (χ1) is 15.4. The van der Waals surface area contributed by atoms with Gasteiger partial charge in [-0.25, -0.2) is 4.39 Å². The Bertz CT molecular complexity index is 1090. The van der Waals surface area contributed by atoms with Crippen LogP contribution in [0.2, 0.25) is 0 Å². The van der Waals surface area contributed by atoms with Gasteiger partial charge in [0.25, 0.3) is 0 Å². The van der Waals surface area contributed by atoms with Crippen LogP contribution in [-0.2, 0) is 18.0 Å². The number of carbonyl (C=O) groups excluding carboxylic acids is 2. The van der Waals surface area contributed by atoms with E-state index in [4.69, 9.17) is 18.9 Å². The Kier molecular flexibility index (Phi) is 7.28. The molecule has 0 aromatic heterocycles. The van der Waals surface area contributed by atoms with E-state index in [2.05, 4.69) is 0 Å². The summed E-state index contributed by atoms with van der Waals surface area (Å²) < 4.78 is 36.3. The van der Waals surface area contributed by atoms with Crippen LogP contribution in [0.3, 0.4) is 0 Å². The molecule has 0 bridgehead atoms. The number of ketones is 1. The Hall–Kier alpha value is -4.07. The van der Waals surface area contributed by atoms with Crippen LogP contribution >= 0.6 is 0 Å². The van der Waals surface area contributed by atoms with E-state index in [0.717, 1.165) is 23.3 Å². The topological polar surface area (TPSA) is 94.1 Å². The number of carboxylic acids is 1. The molecule has 0 unspecified atom stereocenters. The van der Waals surface area contributed by atoms with Crippen molar-refractivity contribution in [1.29, 1.82) is 0 Å². The Morgan fingerprint density at radius 1 is 0.812 bits per heavy atom. The fourth-order valence-electron chi connectivity index (χ4n) is 2.82. The molecule has 0 aliphatic rings. The number of aliphatic carboxylic acids is 1. The molecule has 0 N–H and O–H groups in total. The van der Waals surface area contributed by atoms with Gasteiger partial charge in [-0.15, -0.1) is 0 Å². The zero-order valence-electron chi connectivity index (χ0n) is 17.4. The lowest BCUT2D eigenvalue weighted by atomic mass is 10.1. The molecule has 3 aromatic carbocycles. The molecule has 0 radical (unpaired) electrons. The molecule has 0 heterocycles. The fraction of sp³-hybridized carbons (Fsp3) is 0.167. The molecule has 8 heteroatoms. The summed E-state index contributed by atoms with van der Waals surface area (Å²) in [4.78, 5) is 22.7. The van der Waals surface area contributed by atoms with E-state index in [1.165, 1.54) is 0 Å². The minimum absolute atomic E-state index is 0.00753. The van der Waals surface area contributed by atoms with Crippen molar-refractivity contribution in [3.63, 3.8) is 0 Å². The van der Waals surface area contributed by atoms with E-state index in [9.17, 15) is 19.1 Å². The van der Waals surface area contributed by atoms with Crippen molar-refractivity contribution in [2.75, 3.05) is 14.2 Å². The molecule has 0 aliphatic carbocycles. The molecular formula is C24H20FO7-. The number of halogens is 1. The number of carbonyl (C=O) groups is 2. The predicted molar refractivity (Wildman–Crippen MR) is 110 cm³/mol. The van der Waals surface area contributed by atoms with Crippen LogP contribution in [0.4, 0.5) is 4.39 Å². The van der Waals surface area contributed by atoms with E-state index in [-0.39, 0.29) is 24.7 Å². The Balaban J connectivity index is 1.85. The van der Waals surface area contributed by atoms with Crippen LogP contribution < -0.4 is 24.1 Å². The predicted octanol–water partition coefficient (Wildman–Crippen LogP) is 2.93. The minimum Gasteiger partial charge on any atom is -0.541 e. The van der Waals surface area contributed by atoms with Gasteiger partial charge in [0.05, 0.1) is 14.2 Å². The molecule has 3 aromatic rings. The van der Waals surface area contributed by atoms with E-state index >= 15 is 0 Å². The van der Waals surface area contributed by atoms with Gasteiger partial charge in [-0.05, 0) is 47.5 Å². The van der Waals surface area contributed by atoms with Gasteiger partial charge in [0.1, 0.15) is 30.7 Å².